The molecule has 20 heavy (non-hydrogen) atoms. The molecule has 0 amide bonds. The van der Waals surface area contributed by atoms with E-state index in [2.05, 4.69) is 55.0 Å². The van der Waals surface area contributed by atoms with Crippen LogP contribution in [0.3, 0.4) is 0 Å². The third-order valence-electron chi connectivity index (χ3n) is 3.67. The largest absolute Gasteiger partial charge is 0.370 e. The first-order valence-electron chi connectivity index (χ1n) is 7.28. The minimum atomic E-state index is 0.425. The Morgan fingerprint density at radius 3 is 2.60 bits per heavy atom. The average Bonchev–Trinajstić information content (AvgIpc) is 3.15. The molecule has 2 unspecified atom stereocenters. The molecule has 1 aromatic rings. The molecule has 3 heteroatoms. The predicted molar refractivity (Wildman–Crippen MR) is 86.1 cm³/mol. The van der Waals surface area contributed by atoms with Crippen LogP contribution in [0.25, 0.3) is 0 Å². The summed E-state index contributed by atoms with van der Waals surface area (Å²) in [7, 11) is 0. The zero-order valence-electron chi connectivity index (χ0n) is 12.7. The van der Waals surface area contributed by atoms with Crippen LogP contribution in [0, 0.1) is 0 Å². The molecular formula is C17H25N3. The van der Waals surface area contributed by atoms with Crippen molar-refractivity contribution in [2.24, 2.45) is 10.7 Å². The Bertz CT molecular complexity index is 499. The highest BCUT2D eigenvalue weighted by Crippen LogP contribution is 2.40. The molecule has 1 fully saturated rings. The molecule has 0 heterocycles. The van der Waals surface area contributed by atoms with Crippen molar-refractivity contribution in [2.75, 3.05) is 6.54 Å². The van der Waals surface area contributed by atoms with Crippen LogP contribution in [0.5, 0.6) is 0 Å². The van der Waals surface area contributed by atoms with E-state index in [0.717, 1.165) is 12.0 Å². The summed E-state index contributed by atoms with van der Waals surface area (Å²) in [5.41, 5.74) is 9.66. The third-order valence-corrected chi connectivity index (χ3v) is 3.67. The SMILES string of the molecule is C=C(C)CN=C(N)NC1CC1c1ccc(C(C)C)cc1. The number of guanidine groups is 1. The molecule has 0 aliphatic heterocycles. The van der Waals surface area contributed by atoms with Crippen LogP contribution in [0.4, 0.5) is 0 Å². The predicted octanol–water partition coefficient (Wildman–Crippen LogP) is 3.15. The number of benzene rings is 1. The van der Waals surface area contributed by atoms with Gasteiger partial charge in [0.25, 0.3) is 0 Å². The molecule has 2 rings (SSSR count). The lowest BCUT2D eigenvalue weighted by Crippen LogP contribution is -2.34. The molecule has 0 aromatic heterocycles. The molecule has 0 bridgehead atoms. The Balaban J connectivity index is 1.88. The molecule has 1 aliphatic carbocycles. The van der Waals surface area contributed by atoms with E-state index < -0.39 is 0 Å². The standard InChI is InChI=1S/C17H25N3/c1-11(2)10-19-17(18)20-16-9-15(16)14-7-5-13(6-8-14)12(3)4/h5-8,12,15-16H,1,9-10H2,2-4H3,(H3,18,19,20). The lowest BCUT2D eigenvalue weighted by Gasteiger charge is -2.08. The van der Waals surface area contributed by atoms with Crippen molar-refractivity contribution in [1.29, 1.82) is 0 Å². The van der Waals surface area contributed by atoms with Gasteiger partial charge < -0.3 is 11.1 Å². The molecular weight excluding hydrogens is 246 g/mol. The van der Waals surface area contributed by atoms with Crippen molar-refractivity contribution in [2.45, 2.75) is 45.1 Å². The van der Waals surface area contributed by atoms with Gasteiger partial charge in [0.15, 0.2) is 5.96 Å². The second kappa shape index (κ2) is 6.12. The van der Waals surface area contributed by atoms with E-state index in [9.17, 15) is 0 Å². The smallest absolute Gasteiger partial charge is 0.189 e. The Morgan fingerprint density at radius 1 is 1.40 bits per heavy atom. The molecule has 0 spiro atoms. The Kier molecular flexibility index (Phi) is 4.48. The van der Waals surface area contributed by atoms with E-state index in [4.69, 9.17) is 5.73 Å². The summed E-state index contributed by atoms with van der Waals surface area (Å²) in [6.45, 7) is 10.8. The van der Waals surface area contributed by atoms with Gasteiger partial charge in [-0.25, -0.2) is 4.99 Å². The van der Waals surface area contributed by atoms with E-state index in [1.807, 2.05) is 6.92 Å². The normalized spacial score (nSPS) is 21.9. The lowest BCUT2D eigenvalue weighted by molar-refractivity contribution is 0.846. The van der Waals surface area contributed by atoms with Crippen LogP contribution < -0.4 is 11.1 Å². The van der Waals surface area contributed by atoms with Crippen LogP contribution in [0.15, 0.2) is 41.4 Å². The Hall–Kier alpha value is -1.77. The molecule has 108 valence electrons. The highest BCUT2D eigenvalue weighted by atomic mass is 15.1. The van der Waals surface area contributed by atoms with E-state index >= 15 is 0 Å². The van der Waals surface area contributed by atoms with Gasteiger partial charge in [-0.15, -0.1) is 0 Å². The number of aliphatic imine (C=N–C) groups is 1. The highest BCUT2D eigenvalue weighted by Gasteiger charge is 2.38. The number of nitrogens with zero attached hydrogens (tertiary/aromatic N) is 1. The van der Waals surface area contributed by atoms with Crippen molar-refractivity contribution in [3.8, 4) is 0 Å². The maximum atomic E-state index is 5.86. The van der Waals surface area contributed by atoms with Crippen LogP contribution in [0.1, 0.15) is 50.2 Å². The summed E-state index contributed by atoms with van der Waals surface area (Å²) in [5.74, 6) is 1.68. The maximum Gasteiger partial charge on any atom is 0.189 e. The molecule has 2 atom stereocenters. The Labute approximate surface area is 122 Å². The molecule has 0 saturated heterocycles. The topological polar surface area (TPSA) is 50.4 Å². The molecule has 3 nitrogen and oxygen atoms in total. The highest BCUT2D eigenvalue weighted by molar-refractivity contribution is 5.78. The van der Waals surface area contributed by atoms with Gasteiger partial charge in [0.05, 0.1) is 6.54 Å². The summed E-state index contributed by atoms with van der Waals surface area (Å²) >= 11 is 0. The summed E-state index contributed by atoms with van der Waals surface area (Å²) in [6.07, 6.45) is 1.13. The quantitative estimate of drug-likeness (QED) is 0.491. The first-order chi connectivity index (χ1) is 9.47. The second-order valence-electron chi connectivity index (χ2n) is 6.07. The summed E-state index contributed by atoms with van der Waals surface area (Å²) in [5, 5.41) is 3.28. The van der Waals surface area contributed by atoms with E-state index in [1.54, 1.807) is 0 Å². The van der Waals surface area contributed by atoms with Gasteiger partial charge >= 0.3 is 0 Å². The molecule has 1 saturated carbocycles. The van der Waals surface area contributed by atoms with Crippen LogP contribution >= 0.6 is 0 Å². The van der Waals surface area contributed by atoms with Gasteiger partial charge in [-0.2, -0.15) is 0 Å². The summed E-state index contributed by atoms with van der Waals surface area (Å²) in [4.78, 5) is 4.25. The maximum absolute atomic E-state index is 5.86. The minimum absolute atomic E-state index is 0.425. The van der Waals surface area contributed by atoms with Crippen LogP contribution in [-0.4, -0.2) is 18.5 Å². The summed E-state index contributed by atoms with van der Waals surface area (Å²) in [6, 6.07) is 9.36. The van der Waals surface area contributed by atoms with Gasteiger partial charge in [-0.1, -0.05) is 50.3 Å². The summed E-state index contributed by atoms with van der Waals surface area (Å²) < 4.78 is 0. The van der Waals surface area contributed by atoms with E-state index in [-0.39, 0.29) is 0 Å². The van der Waals surface area contributed by atoms with Crippen molar-refractivity contribution in [3.05, 3.63) is 47.5 Å². The zero-order chi connectivity index (χ0) is 14.7. The van der Waals surface area contributed by atoms with Crippen LogP contribution in [0.2, 0.25) is 0 Å². The molecule has 3 N–H and O–H groups in total. The fourth-order valence-electron chi connectivity index (χ4n) is 2.31. The number of hydrogen-bond acceptors (Lipinski definition) is 1. The van der Waals surface area contributed by atoms with Crippen LogP contribution in [-0.2, 0) is 0 Å². The van der Waals surface area contributed by atoms with Crippen molar-refractivity contribution < 1.29 is 0 Å². The van der Waals surface area contributed by atoms with Gasteiger partial charge in [0.2, 0.25) is 0 Å². The van der Waals surface area contributed by atoms with Gasteiger partial charge in [0, 0.05) is 12.0 Å². The molecule has 1 aliphatic rings. The minimum Gasteiger partial charge on any atom is -0.370 e. The number of rotatable bonds is 5. The molecule has 1 aromatic carbocycles. The first kappa shape index (κ1) is 14.6. The second-order valence-corrected chi connectivity index (χ2v) is 6.07. The lowest BCUT2D eigenvalue weighted by atomic mass is 10.0. The number of nitrogens with one attached hydrogen (secondary N) is 1. The number of hydrogen-bond donors (Lipinski definition) is 2. The Morgan fingerprint density at radius 2 is 2.05 bits per heavy atom. The van der Waals surface area contributed by atoms with E-state index in [0.29, 0.717) is 30.4 Å². The fourth-order valence-corrected chi connectivity index (χ4v) is 2.31. The van der Waals surface area contributed by atoms with E-state index in [1.165, 1.54) is 11.1 Å². The third kappa shape index (κ3) is 3.86. The van der Waals surface area contributed by atoms with Crippen molar-refractivity contribution >= 4 is 5.96 Å². The van der Waals surface area contributed by atoms with Gasteiger partial charge in [0.1, 0.15) is 0 Å². The van der Waals surface area contributed by atoms with Gasteiger partial charge in [-0.05, 0) is 30.4 Å². The van der Waals surface area contributed by atoms with Gasteiger partial charge in [-0.3, -0.25) is 0 Å². The first-order valence-corrected chi connectivity index (χ1v) is 7.28. The van der Waals surface area contributed by atoms with Crippen molar-refractivity contribution in [1.82, 2.24) is 5.32 Å². The average molecular weight is 271 g/mol. The monoisotopic (exact) mass is 271 g/mol. The van der Waals surface area contributed by atoms with Crippen molar-refractivity contribution in [3.63, 3.8) is 0 Å². The number of nitrogens with two attached hydrogens (primary N) is 1. The fraction of sp³-hybridized carbons (Fsp3) is 0.471. The molecule has 0 radical (unpaired) electrons. The zero-order valence-corrected chi connectivity index (χ0v) is 12.7.